The monoisotopic (exact) mass is 339 g/mol. The summed E-state index contributed by atoms with van der Waals surface area (Å²) in [5.41, 5.74) is 8.19. The van der Waals surface area contributed by atoms with E-state index in [1.807, 2.05) is 29.2 Å². The topological polar surface area (TPSA) is 58.4 Å². The van der Waals surface area contributed by atoms with Gasteiger partial charge in [-0.1, -0.05) is 24.3 Å². The molecule has 2 aromatic rings. The molecule has 0 aliphatic carbocycles. The predicted molar refractivity (Wildman–Crippen MR) is 95.5 cm³/mol. The number of β-lactam (4-membered cyclic amide) rings is 1. The summed E-state index contributed by atoms with van der Waals surface area (Å²) in [4.78, 5) is 15.0. The van der Waals surface area contributed by atoms with Gasteiger partial charge in [0.2, 0.25) is 5.91 Å². The smallest absolute Gasteiger partial charge is 0.236 e. The number of hydrogen-bond donors (Lipinski definition) is 2. The average molecular weight is 339 g/mol. The van der Waals surface area contributed by atoms with Crippen molar-refractivity contribution in [2.45, 2.75) is 25.4 Å². The highest BCUT2D eigenvalue weighted by Gasteiger charge is 2.61. The molecule has 2 heterocycles. The standard InChI is InChI=1S/C20H22FN3O/c21-16-5-3-15(4-6-16)18-20(9-11-23-12-10-20)19(25)24(18)17-7-1-14(13-22)2-8-17/h1-8,18,23H,9-13,22H2. The van der Waals surface area contributed by atoms with Gasteiger partial charge in [-0.15, -0.1) is 0 Å². The van der Waals surface area contributed by atoms with Crippen LogP contribution in [0.2, 0.25) is 0 Å². The summed E-state index contributed by atoms with van der Waals surface area (Å²) >= 11 is 0. The normalized spacial score (nSPS) is 22.1. The number of hydrogen-bond acceptors (Lipinski definition) is 3. The summed E-state index contributed by atoms with van der Waals surface area (Å²) in [5, 5.41) is 3.33. The molecule has 5 heteroatoms. The van der Waals surface area contributed by atoms with Crippen molar-refractivity contribution in [2.75, 3.05) is 18.0 Å². The molecular weight excluding hydrogens is 317 g/mol. The summed E-state index contributed by atoms with van der Waals surface area (Å²) in [6, 6.07) is 14.3. The number of rotatable bonds is 3. The number of piperidine rings is 1. The Morgan fingerprint density at radius 2 is 1.72 bits per heavy atom. The van der Waals surface area contributed by atoms with Crippen LogP contribution in [0.3, 0.4) is 0 Å². The minimum absolute atomic E-state index is 0.0496. The molecule has 3 N–H and O–H groups in total. The SMILES string of the molecule is NCc1ccc(N2C(=O)C3(CCNCC3)C2c2ccc(F)cc2)cc1. The lowest BCUT2D eigenvalue weighted by Gasteiger charge is -2.58. The van der Waals surface area contributed by atoms with Crippen LogP contribution in [0.25, 0.3) is 0 Å². The molecule has 1 atom stereocenters. The fourth-order valence-corrected chi connectivity index (χ4v) is 4.19. The van der Waals surface area contributed by atoms with Crippen LogP contribution in [0, 0.1) is 11.2 Å². The third-order valence-electron chi connectivity index (χ3n) is 5.56. The molecule has 25 heavy (non-hydrogen) atoms. The van der Waals surface area contributed by atoms with Gasteiger partial charge in [-0.3, -0.25) is 4.79 Å². The van der Waals surface area contributed by atoms with Crippen LogP contribution in [0.5, 0.6) is 0 Å². The number of anilines is 1. The molecule has 2 aromatic carbocycles. The lowest BCUT2D eigenvalue weighted by atomic mass is 9.62. The van der Waals surface area contributed by atoms with E-state index in [4.69, 9.17) is 5.73 Å². The molecule has 0 saturated carbocycles. The first-order valence-corrected chi connectivity index (χ1v) is 8.74. The van der Waals surface area contributed by atoms with Gasteiger partial charge in [0.05, 0.1) is 11.5 Å². The van der Waals surface area contributed by atoms with Crippen LogP contribution in [0.1, 0.15) is 30.0 Å². The Balaban J connectivity index is 1.74. The van der Waals surface area contributed by atoms with E-state index < -0.39 is 0 Å². The molecule has 4 rings (SSSR count). The Labute approximate surface area is 146 Å². The molecule has 2 aliphatic heterocycles. The van der Waals surface area contributed by atoms with Crippen LogP contribution < -0.4 is 16.0 Å². The Morgan fingerprint density at radius 1 is 1.08 bits per heavy atom. The van der Waals surface area contributed by atoms with Crippen LogP contribution >= 0.6 is 0 Å². The van der Waals surface area contributed by atoms with Crippen LogP contribution in [0.4, 0.5) is 10.1 Å². The number of nitrogens with one attached hydrogen (secondary N) is 1. The average Bonchev–Trinajstić information content (AvgIpc) is 2.67. The van der Waals surface area contributed by atoms with E-state index in [2.05, 4.69) is 5.32 Å². The third-order valence-corrected chi connectivity index (χ3v) is 5.56. The highest BCUT2D eigenvalue weighted by molar-refractivity contribution is 6.06. The molecule has 4 nitrogen and oxygen atoms in total. The van der Waals surface area contributed by atoms with Crippen molar-refractivity contribution in [1.29, 1.82) is 0 Å². The Hall–Kier alpha value is -2.24. The van der Waals surface area contributed by atoms with E-state index in [0.717, 1.165) is 42.7 Å². The maximum Gasteiger partial charge on any atom is 0.236 e. The third kappa shape index (κ3) is 2.55. The summed E-state index contributed by atoms with van der Waals surface area (Å²) in [6.45, 7) is 2.15. The molecule has 130 valence electrons. The van der Waals surface area contributed by atoms with Gasteiger partial charge >= 0.3 is 0 Å². The van der Waals surface area contributed by atoms with Gasteiger partial charge < -0.3 is 16.0 Å². The number of nitrogens with two attached hydrogens (primary N) is 1. The first-order chi connectivity index (χ1) is 12.2. The van der Waals surface area contributed by atoms with Crippen LogP contribution in [-0.2, 0) is 11.3 Å². The van der Waals surface area contributed by atoms with E-state index in [9.17, 15) is 9.18 Å². The molecular formula is C20H22FN3O. The van der Waals surface area contributed by atoms with Gasteiger partial charge in [0.1, 0.15) is 5.82 Å². The van der Waals surface area contributed by atoms with Crippen molar-refractivity contribution in [3.8, 4) is 0 Å². The summed E-state index contributed by atoms with van der Waals surface area (Å²) in [7, 11) is 0. The summed E-state index contributed by atoms with van der Waals surface area (Å²) in [5.74, 6) is -0.0866. The molecule has 1 amide bonds. The zero-order valence-corrected chi connectivity index (χ0v) is 14.0. The zero-order chi connectivity index (χ0) is 17.4. The molecule has 2 saturated heterocycles. The molecule has 0 aromatic heterocycles. The number of nitrogens with zero attached hydrogens (tertiary/aromatic N) is 1. The Bertz CT molecular complexity index is 767. The first kappa shape index (κ1) is 16.2. The molecule has 0 bridgehead atoms. The molecule has 0 radical (unpaired) electrons. The Morgan fingerprint density at radius 3 is 2.32 bits per heavy atom. The number of carbonyl (C=O) groups is 1. The highest BCUT2D eigenvalue weighted by atomic mass is 19.1. The van der Waals surface area contributed by atoms with E-state index in [1.165, 1.54) is 12.1 Å². The van der Waals surface area contributed by atoms with E-state index in [0.29, 0.717) is 6.54 Å². The molecule has 1 spiro atoms. The number of halogens is 1. The van der Waals surface area contributed by atoms with Crippen molar-refractivity contribution in [3.05, 3.63) is 65.5 Å². The molecule has 2 aliphatic rings. The second kappa shape index (κ2) is 6.24. The van der Waals surface area contributed by atoms with Gasteiger partial charge in [0.15, 0.2) is 0 Å². The van der Waals surface area contributed by atoms with Gasteiger partial charge in [0, 0.05) is 12.2 Å². The minimum atomic E-state index is -0.379. The van der Waals surface area contributed by atoms with Gasteiger partial charge in [-0.25, -0.2) is 4.39 Å². The van der Waals surface area contributed by atoms with Crippen molar-refractivity contribution in [2.24, 2.45) is 11.1 Å². The maximum absolute atomic E-state index is 13.4. The van der Waals surface area contributed by atoms with E-state index >= 15 is 0 Å². The fraction of sp³-hybridized carbons (Fsp3) is 0.350. The van der Waals surface area contributed by atoms with E-state index in [1.54, 1.807) is 12.1 Å². The van der Waals surface area contributed by atoms with Crippen LogP contribution in [-0.4, -0.2) is 19.0 Å². The summed E-state index contributed by atoms with van der Waals surface area (Å²) in [6.07, 6.45) is 1.62. The number of carbonyl (C=O) groups excluding carboxylic acids is 1. The first-order valence-electron chi connectivity index (χ1n) is 8.74. The summed E-state index contributed by atoms with van der Waals surface area (Å²) < 4.78 is 13.4. The lowest BCUT2D eigenvalue weighted by Crippen LogP contribution is -2.66. The van der Waals surface area contributed by atoms with Gasteiger partial charge in [-0.2, -0.15) is 0 Å². The number of benzene rings is 2. The minimum Gasteiger partial charge on any atom is -0.326 e. The van der Waals surface area contributed by atoms with Crippen molar-refractivity contribution >= 4 is 11.6 Å². The largest absolute Gasteiger partial charge is 0.326 e. The second-order valence-electron chi connectivity index (χ2n) is 6.91. The second-order valence-corrected chi connectivity index (χ2v) is 6.91. The van der Waals surface area contributed by atoms with Gasteiger partial charge in [-0.05, 0) is 61.3 Å². The Kier molecular flexibility index (Phi) is 4.06. The molecule has 2 fully saturated rings. The lowest BCUT2D eigenvalue weighted by molar-refractivity contribution is -0.142. The van der Waals surface area contributed by atoms with Crippen molar-refractivity contribution in [1.82, 2.24) is 5.32 Å². The van der Waals surface area contributed by atoms with Crippen molar-refractivity contribution < 1.29 is 9.18 Å². The van der Waals surface area contributed by atoms with E-state index in [-0.39, 0.29) is 23.2 Å². The van der Waals surface area contributed by atoms with Crippen molar-refractivity contribution in [3.63, 3.8) is 0 Å². The highest BCUT2D eigenvalue weighted by Crippen LogP contribution is 2.56. The fourth-order valence-electron chi connectivity index (χ4n) is 4.19. The predicted octanol–water partition coefficient (Wildman–Crippen LogP) is 2.74. The quantitative estimate of drug-likeness (QED) is 0.846. The van der Waals surface area contributed by atoms with Gasteiger partial charge in [0.25, 0.3) is 0 Å². The number of amides is 1. The van der Waals surface area contributed by atoms with Crippen LogP contribution in [0.15, 0.2) is 48.5 Å². The molecule has 1 unspecified atom stereocenters. The maximum atomic E-state index is 13.4. The zero-order valence-electron chi connectivity index (χ0n) is 14.0.